The number of hydrogen-bond donors (Lipinski definition) is 0. The molecule has 0 atom stereocenters. The smallest absolute Gasteiger partial charge is 0.193 e. The number of aromatic nitrogens is 1. The van der Waals surface area contributed by atoms with Crippen molar-refractivity contribution in [3.8, 4) is 0 Å². The fourth-order valence-electron chi connectivity index (χ4n) is 0.659. The lowest BCUT2D eigenvalue weighted by molar-refractivity contribution is 0.470. The molecule has 0 aliphatic carbocycles. The summed E-state index contributed by atoms with van der Waals surface area (Å²) in [5.74, 6) is 0. The van der Waals surface area contributed by atoms with Crippen LogP contribution in [0.15, 0.2) is 32.5 Å². The Bertz CT molecular complexity index is 290. The topological polar surface area (TPSA) is 38.4 Å². The molecule has 1 aliphatic heterocycles. The van der Waals surface area contributed by atoms with Crippen LogP contribution in [0.25, 0.3) is 0 Å². The number of oxazole rings is 1. The molecular formula is C6H4N2OS. The molecular weight excluding hydrogens is 148 g/mol. The summed E-state index contributed by atoms with van der Waals surface area (Å²) in [4.78, 5) is 7.88. The van der Waals surface area contributed by atoms with Gasteiger partial charge in [0.1, 0.15) is 5.69 Å². The average Bonchev–Trinajstić information content (AvgIpc) is 2.28. The molecule has 0 N–H and O–H groups in total. The van der Waals surface area contributed by atoms with Crippen LogP contribution in [0.2, 0.25) is 0 Å². The van der Waals surface area contributed by atoms with E-state index in [2.05, 4.69) is 9.98 Å². The number of hydrogen-bond acceptors (Lipinski definition) is 4. The molecule has 0 unspecified atom stereocenters. The molecule has 0 aromatic carbocycles. The first-order chi connectivity index (χ1) is 4.97. The second-order valence-electron chi connectivity index (χ2n) is 1.71. The largest absolute Gasteiger partial charge is 0.436 e. The summed E-state index contributed by atoms with van der Waals surface area (Å²) in [5, 5.41) is 2.66. The molecule has 1 aromatic rings. The standard InChI is InChI=1S/C6H4N2OS/c1-2-10-6-5(3-7-1)8-4-9-6/h1-4H. The van der Waals surface area contributed by atoms with Crippen molar-refractivity contribution in [1.29, 1.82) is 0 Å². The second kappa shape index (κ2) is 2.30. The van der Waals surface area contributed by atoms with Crippen molar-refractivity contribution in [2.45, 2.75) is 5.09 Å². The van der Waals surface area contributed by atoms with Gasteiger partial charge >= 0.3 is 0 Å². The van der Waals surface area contributed by atoms with E-state index in [1.165, 1.54) is 18.2 Å². The lowest BCUT2D eigenvalue weighted by Gasteiger charge is -1.84. The molecule has 0 saturated carbocycles. The van der Waals surface area contributed by atoms with Crippen LogP contribution in [0.3, 0.4) is 0 Å². The third-order valence-corrected chi connectivity index (χ3v) is 1.86. The molecule has 0 bridgehead atoms. The Balaban J connectivity index is 2.50. The third-order valence-electron chi connectivity index (χ3n) is 1.08. The molecule has 2 heterocycles. The van der Waals surface area contributed by atoms with Crippen molar-refractivity contribution in [1.82, 2.24) is 4.98 Å². The monoisotopic (exact) mass is 152 g/mol. The summed E-state index contributed by atoms with van der Waals surface area (Å²) < 4.78 is 5.05. The van der Waals surface area contributed by atoms with Crippen LogP contribution in [-0.4, -0.2) is 11.2 Å². The summed E-state index contributed by atoms with van der Waals surface area (Å²) in [6, 6.07) is 0. The summed E-state index contributed by atoms with van der Waals surface area (Å²) >= 11 is 1.48. The Labute approximate surface area is 61.9 Å². The van der Waals surface area contributed by atoms with Crippen molar-refractivity contribution in [2.75, 3.05) is 0 Å². The molecule has 50 valence electrons. The molecule has 1 aliphatic rings. The van der Waals surface area contributed by atoms with Gasteiger partial charge in [0.2, 0.25) is 0 Å². The fourth-order valence-corrected chi connectivity index (χ4v) is 1.24. The van der Waals surface area contributed by atoms with Gasteiger partial charge in [0, 0.05) is 6.20 Å². The average molecular weight is 152 g/mol. The van der Waals surface area contributed by atoms with E-state index in [1.807, 2.05) is 5.41 Å². The molecule has 3 nitrogen and oxygen atoms in total. The maximum atomic E-state index is 5.05. The second-order valence-corrected chi connectivity index (χ2v) is 2.58. The van der Waals surface area contributed by atoms with Crippen molar-refractivity contribution in [3.05, 3.63) is 23.7 Å². The minimum atomic E-state index is 0.801. The van der Waals surface area contributed by atoms with Crippen molar-refractivity contribution >= 4 is 18.0 Å². The zero-order valence-corrected chi connectivity index (χ0v) is 5.84. The molecule has 0 radical (unpaired) electrons. The van der Waals surface area contributed by atoms with E-state index in [9.17, 15) is 0 Å². The Morgan fingerprint density at radius 2 is 2.50 bits per heavy atom. The maximum absolute atomic E-state index is 5.05. The van der Waals surface area contributed by atoms with Gasteiger partial charge in [-0.2, -0.15) is 0 Å². The normalized spacial score (nSPS) is 14.8. The van der Waals surface area contributed by atoms with E-state index in [4.69, 9.17) is 4.42 Å². The predicted molar refractivity (Wildman–Crippen MR) is 39.1 cm³/mol. The molecule has 0 amide bonds. The van der Waals surface area contributed by atoms with Crippen molar-refractivity contribution in [2.24, 2.45) is 4.99 Å². The quantitative estimate of drug-likeness (QED) is 0.567. The summed E-state index contributed by atoms with van der Waals surface area (Å²) in [5.41, 5.74) is 0.801. The Morgan fingerprint density at radius 3 is 3.50 bits per heavy atom. The van der Waals surface area contributed by atoms with Crippen molar-refractivity contribution < 1.29 is 4.42 Å². The highest BCUT2D eigenvalue weighted by Gasteiger charge is 2.05. The fraction of sp³-hybridized carbons (Fsp3) is 0. The van der Waals surface area contributed by atoms with Crippen LogP contribution in [0.4, 0.5) is 0 Å². The van der Waals surface area contributed by atoms with E-state index in [-0.39, 0.29) is 0 Å². The highest BCUT2D eigenvalue weighted by Crippen LogP contribution is 2.23. The zero-order chi connectivity index (χ0) is 6.81. The number of nitrogens with zero attached hydrogens (tertiary/aromatic N) is 2. The molecule has 4 heteroatoms. The maximum Gasteiger partial charge on any atom is 0.193 e. The number of thioether (sulfide) groups is 1. The summed E-state index contributed by atoms with van der Waals surface area (Å²) in [7, 11) is 0. The molecule has 0 spiro atoms. The van der Waals surface area contributed by atoms with Crippen LogP contribution in [-0.2, 0) is 0 Å². The molecule has 0 saturated heterocycles. The van der Waals surface area contributed by atoms with Crippen LogP contribution < -0.4 is 0 Å². The minimum absolute atomic E-state index is 0.801. The SMILES string of the molecule is C1=CSc2ocnc2C=N1. The highest BCUT2D eigenvalue weighted by atomic mass is 32.2. The van der Waals surface area contributed by atoms with E-state index in [0.29, 0.717) is 0 Å². The van der Waals surface area contributed by atoms with Gasteiger partial charge in [0.15, 0.2) is 11.5 Å². The van der Waals surface area contributed by atoms with Gasteiger partial charge < -0.3 is 4.42 Å². The molecule has 10 heavy (non-hydrogen) atoms. The lowest BCUT2D eigenvalue weighted by Crippen LogP contribution is -1.78. The predicted octanol–water partition coefficient (Wildman–Crippen LogP) is 1.67. The van der Waals surface area contributed by atoms with Crippen LogP contribution in [0.5, 0.6) is 0 Å². The van der Waals surface area contributed by atoms with Gasteiger partial charge in [-0.15, -0.1) is 0 Å². The summed E-state index contributed by atoms with van der Waals surface area (Å²) in [6.07, 6.45) is 4.81. The zero-order valence-electron chi connectivity index (χ0n) is 5.02. The van der Waals surface area contributed by atoms with Crippen molar-refractivity contribution in [3.63, 3.8) is 0 Å². The summed E-state index contributed by atoms with van der Waals surface area (Å²) in [6.45, 7) is 0. The number of rotatable bonds is 0. The Kier molecular flexibility index (Phi) is 1.32. The van der Waals surface area contributed by atoms with Gasteiger partial charge in [-0.3, -0.25) is 4.99 Å². The van der Waals surface area contributed by atoms with Crippen LogP contribution in [0.1, 0.15) is 5.69 Å². The molecule has 0 fully saturated rings. The molecule has 1 aromatic heterocycles. The van der Waals surface area contributed by atoms with E-state index < -0.39 is 0 Å². The van der Waals surface area contributed by atoms with E-state index >= 15 is 0 Å². The van der Waals surface area contributed by atoms with Gasteiger partial charge in [-0.05, 0) is 5.41 Å². The van der Waals surface area contributed by atoms with Gasteiger partial charge in [0.05, 0.1) is 6.21 Å². The van der Waals surface area contributed by atoms with Crippen LogP contribution >= 0.6 is 11.8 Å². The van der Waals surface area contributed by atoms with Gasteiger partial charge in [-0.25, -0.2) is 4.98 Å². The first kappa shape index (κ1) is 5.73. The van der Waals surface area contributed by atoms with E-state index in [0.717, 1.165) is 10.8 Å². The Morgan fingerprint density at radius 1 is 1.50 bits per heavy atom. The third kappa shape index (κ3) is 0.863. The van der Waals surface area contributed by atoms with E-state index in [1.54, 1.807) is 12.4 Å². The lowest BCUT2D eigenvalue weighted by atomic mass is 10.5. The number of aliphatic imine (C=N–C) groups is 1. The van der Waals surface area contributed by atoms with Crippen LogP contribution in [0, 0.1) is 0 Å². The molecule has 2 rings (SSSR count). The number of fused-ring (bicyclic) bond motifs is 1. The van der Waals surface area contributed by atoms with Gasteiger partial charge in [-0.1, -0.05) is 11.8 Å². The first-order valence-corrected chi connectivity index (χ1v) is 3.63. The van der Waals surface area contributed by atoms with Gasteiger partial charge in [0.25, 0.3) is 0 Å². The Hall–Kier alpha value is -1.03. The highest BCUT2D eigenvalue weighted by molar-refractivity contribution is 8.02. The first-order valence-electron chi connectivity index (χ1n) is 2.75. The minimum Gasteiger partial charge on any atom is -0.436 e.